The highest BCUT2D eigenvalue weighted by Crippen LogP contribution is 2.28. The standard InChI is InChI=1S/C21H30N4O4S/c1-4-24-20(22-25(21(24)26)14-15-29-3)19-9-12-23(13-10-19)30(27,28)16-11-18-7-5-17(2)6-8-18/h5-8,11,16,19H,4,9-10,12-15H2,1-3H3/b16-11+. The molecule has 0 radical (unpaired) electrons. The van der Waals surface area contributed by atoms with Crippen molar-refractivity contribution in [2.75, 3.05) is 26.8 Å². The minimum Gasteiger partial charge on any atom is -0.383 e. The first-order chi connectivity index (χ1) is 14.4. The summed E-state index contributed by atoms with van der Waals surface area (Å²) in [7, 11) is -1.90. The van der Waals surface area contributed by atoms with E-state index in [0.29, 0.717) is 45.6 Å². The van der Waals surface area contributed by atoms with Crippen LogP contribution in [0.15, 0.2) is 34.5 Å². The summed E-state index contributed by atoms with van der Waals surface area (Å²) < 4.78 is 35.1. The molecule has 0 atom stereocenters. The van der Waals surface area contributed by atoms with Crippen molar-refractivity contribution in [2.24, 2.45) is 0 Å². The van der Waals surface area contributed by atoms with E-state index in [4.69, 9.17) is 4.74 Å². The molecule has 2 heterocycles. The van der Waals surface area contributed by atoms with Crippen molar-refractivity contribution >= 4 is 16.1 Å². The van der Waals surface area contributed by atoms with Crippen LogP contribution < -0.4 is 5.69 Å². The van der Waals surface area contributed by atoms with Crippen molar-refractivity contribution in [1.82, 2.24) is 18.7 Å². The molecule has 1 fully saturated rings. The van der Waals surface area contributed by atoms with Gasteiger partial charge in [-0.15, -0.1) is 0 Å². The number of aromatic nitrogens is 3. The molecule has 164 valence electrons. The molecule has 1 aromatic heterocycles. The number of piperidine rings is 1. The summed E-state index contributed by atoms with van der Waals surface area (Å²) in [5.74, 6) is 0.805. The molecule has 0 saturated carbocycles. The second-order valence-electron chi connectivity index (χ2n) is 7.53. The Morgan fingerprint density at radius 2 is 1.87 bits per heavy atom. The highest BCUT2D eigenvalue weighted by Gasteiger charge is 2.30. The van der Waals surface area contributed by atoms with Crippen molar-refractivity contribution in [2.45, 2.75) is 45.7 Å². The lowest BCUT2D eigenvalue weighted by atomic mass is 9.97. The number of rotatable bonds is 8. The smallest absolute Gasteiger partial charge is 0.345 e. The SMILES string of the molecule is CCn1c(C2CCN(S(=O)(=O)/C=C/c3ccc(C)cc3)CC2)nn(CCOC)c1=O. The average molecular weight is 435 g/mol. The molecule has 0 spiro atoms. The molecule has 0 amide bonds. The van der Waals surface area contributed by atoms with E-state index in [9.17, 15) is 13.2 Å². The zero-order valence-electron chi connectivity index (χ0n) is 17.8. The lowest BCUT2D eigenvalue weighted by molar-refractivity contribution is 0.182. The summed E-state index contributed by atoms with van der Waals surface area (Å²) in [4.78, 5) is 12.5. The first kappa shape index (κ1) is 22.5. The minimum atomic E-state index is -3.49. The van der Waals surface area contributed by atoms with Crippen LogP contribution in [0.2, 0.25) is 0 Å². The molecule has 1 aliphatic heterocycles. The number of aryl methyl sites for hydroxylation is 1. The van der Waals surface area contributed by atoms with Crippen molar-refractivity contribution in [3.05, 3.63) is 57.1 Å². The molecule has 9 heteroatoms. The number of ether oxygens (including phenoxy) is 1. The summed E-state index contributed by atoms with van der Waals surface area (Å²) in [6.07, 6.45) is 2.91. The fourth-order valence-electron chi connectivity index (χ4n) is 3.68. The van der Waals surface area contributed by atoms with Crippen LogP contribution in [0.25, 0.3) is 6.08 Å². The first-order valence-corrected chi connectivity index (χ1v) is 11.8. The van der Waals surface area contributed by atoms with E-state index in [-0.39, 0.29) is 11.6 Å². The molecule has 2 aromatic rings. The van der Waals surface area contributed by atoms with Gasteiger partial charge in [0.2, 0.25) is 10.0 Å². The minimum absolute atomic E-state index is 0.0639. The molecule has 0 unspecified atom stereocenters. The Morgan fingerprint density at radius 1 is 1.20 bits per heavy atom. The Bertz CT molecular complexity index is 1030. The summed E-state index contributed by atoms with van der Waals surface area (Å²) in [5, 5.41) is 5.79. The number of benzene rings is 1. The molecular weight excluding hydrogens is 404 g/mol. The lowest BCUT2D eigenvalue weighted by Gasteiger charge is -2.29. The third kappa shape index (κ3) is 5.08. The number of sulfonamides is 1. The van der Waals surface area contributed by atoms with E-state index in [0.717, 1.165) is 17.0 Å². The van der Waals surface area contributed by atoms with Gasteiger partial charge in [0.15, 0.2) is 0 Å². The molecule has 0 aliphatic carbocycles. The van der Waals surface area contributed by atoms with E-state index in [2.05, 4.69) is 5.10 Å². The number of nitrogens with zero attached hydrogens (tertiary/aromatic N) is 4. The van der Waals surface area contributed by atoms with E-state index in [1.807, 2.05) is 38.1 Å². The van der Waals surface area contributed by atoms with Gasteiger partial charge in [-0.3, -0.25) is 4.57 Å². The maximum atomic E-state index is 12.7. The van der Waals surface area contributed by atoms with E-state index in [1.54, 1.807) is 17.8 Å². The van der Waals surface area contributed by atoms with Crippen LogP contribution in [-0.4, -0.2) is 53.9 Å². The van der Waals surface area contributed by atoms with Crippen LogP contribution in [0.3, 0.4) is 0 Å². The maximum Gasteiger partial charge on any atom is 0.345 e. The van der Waals surface area contributed by atoms with E-state index in [1.165, 1.54) is 14.4 Å². The molecule has 30 heavy (non-hydrogen) atoms. The summed E-state index contributed by atoms with van der Waals surface area (Å²) >= 11 is 0. The van der Waals surface area contributed by atoms with Gasteiger partial charge in [-0.05, 0) is 38.3 Å². The van der Waals surface area contributed by atoms with Crippen LogP contribution in [-0.2, 0) is 27.8 Å². The van der Waals surface area contributed by atoms with Gasteiger partial charge in [0.25, 0.3) is 0 Å². The highest BCUT2D eigenvalue weighted by molar-refractivity contribution is 7.92. The Kier molecular flexibility index (Phi) is 7.27. The number of hydrogen-bond acceptors (Lipinski definition) is 5. The summed E-state index contributed by atoms with van der Waals surface area (Å²) in [6, 6.07) is 7.71. The molecule has 0 N–H and O–H groups in total. The Hall–Kier alpha value is -2.23. The topological polar surface area (TPSA) is 86.4 Å². The molecule has 0 bridgehead atoms. The number of methoxy groups -OCH3 is 1. The summed E-state index contributed by atoms with van der Waals surface area (Å²) in [5.41, 5.74) is 1.85. The molecule has 1 aliphatic rings. The van der Waals surface area contributed by atoms with E-state index >= 15 is 0 Å². The molecule has 1 saturated heterocycles. The van der Waals surface area contributed by atoms with Gasteiger partial charge >= 0.3 is 5.69 Å². The third-order valence-corrected chi connectivity index (χ3v) is 7.03. The summed E-state index contributed by atoms with van der Waals surface area (Å²) in [6.45, 7) is 6.10. The van der Waals surface area contributed by atoms with Gasteiger partial charge in [-0.1, -0.05) is 29.8 Å². The van der Waals surface area contributed by atoms with Crippen LogP contribution in [0.1, 0.15) is 42.6 Å². The molecule has 3 rings (SSSR count). The van der Waals surface area contributed by atoms with Crippen molar-refractivity contribution in [1.29, 1.82) is 0 Å². The van der Waals surface area contributed by atoms with Crippen molar-refractivity contribution in [3.8, 4) is 0 Å². The second-order valence-corrected chi connectivity index (χ2v) is 9.35. The van der Waals surface area contributed by atoms with Gasteiger partial charge in [0.1, 0.15) is 5.82 Å². The van der Waals surface area contributed by atoms with Gasteiger partial charge in [0.05, 0.1) is 13.2 Å². The molecule has 8 nitrogen and oxygen atoms in total. The zero-order chi connectivity index (χ0) is 21.7. The normalized spacial score (nSPS) is 16.5. The monoisotopic (exact) mass is 434 g/mol. The van der Waals surface area contributed by atoms with Gasteiger partial charge in [-0.25, -0.2) is 17.9 Å². The Labute approximate surface area is 177 Å². The van der Waals surface area contributed by atoms with Crippen LogP contribution in [0, 0.1) is 6.92 Å². The fraction of sp³-hybridized carbons (Fsp3) is 0.524. The van der Waals surface area contributed by atoms with Gasteiger partial charge in [0, 0.05) is 38.1 Å². The third-order valence-electron chi connectivity index (χ3n) is 5.46. The molecular formula is C21H30N4O4S. The van der Waals surface area contributed by atoms with Crippen LogP contribution in [0.4, 0.5) is 0 Å². The second kappa shape index (κ2) is 9.72. The van der Waals surface area contributed by atoms with Crippen molar-refractivity contribution in [3.63, 3.8) is 0 Å². The number of hydrogen-bond donors (Lipinski definition) is 0. The van der Waals surface area contributed by atoms with Gasteiger partial charge in [-0.2, -0.15) is 9.40 Å². The van der Waals surface area contributed by atoms with Crippen LogP contribution in [0.5, 0.6) is 0 Å². The van der Waals surface area contributed by atoms with Gasteiger partial charge < -0.3 is 4.74 Å². The Balaban J connectivity index is 1.68. The fourth-order valence-corrected chi connectivity index (χ4v) is 4.90. The van der Waals surface area contributed by atoms with Crippen molar-refractivity contribution < 1.29 is 13.2 Å². The quantitative estimate of drug-likeness (QED) is 0.636. The average Bonchev–Trinajstić information content (AvgIpc) is 3.07. The predicted molar refractivity (Wildman–Crippen MR) is 117 cm³/mol. The lowest BCUT2D eigenvalue weighted by Crippen LogP contribution is -2.37. The Morgan fingerprint density at radius 3 is 2.47 bits per heavy atom. The first-order valence-electron chi connectivity index (χ1n) is 10.3. The zero-order valence-corrected chi connectivity index (χ0v) is 18.6. The van der Waals surface area contributed by atoms with Crippen LogP contribution >= 0.6 is 0 Å². The molecule has 1 aromatic carbocycles. The largest absolute Gasteiger partial charge is 0.383 e. The highest BCUT2D eigenvalue weighted by atomic mass is 32.2. The maximum absolute atomic E-state index is 12.7. The predicted octanol–water partition coefficient (Wildman–Crippen LogP) is 2.20. The van der Waals surface area contributed by atoms with E-state index < -0.39 is 10.0 Å².